The van der Waals surface area contributed by atoms with Crippen LogP contribution in [-0.4, -0.2) is 49.1 Å². The van der Waals surface area contributed by atoms with E-state index in [1.165, 1.54) is 35.8 Å². The Hall–Kier alpha value is -0.420. The number of hydrogen-bond donors (Lipinski definition) is 1. The Kier molecular flexibility index (Phi) is 6.68. The highest BCUT2D eigenvalue weighted by molar-refractivity contribution is 7.11. The molecule has 1 fully saturated rings. The van der Waals surface area contributed by atoms with Crippen molar-refractivity contribution in [1.29, 1.82) is 0 Å². The lowest BCUT2D eigenvalue weighted by Gasteiger charge is -2.27. The molecular weight excluding hydrogens is 278 g/mol. The van der Waals surface area contributed by atoms with Gasteiger partial charge in [-0.15, -0.1) is 11.3 Å². The number of likely N-dealkylation sites (N-methyl/N-ethyl adjacent to an activating group) is 1. The molecule has 0 radical (unpaired) electrons. The largest absolute Gasteiger partial charge is 0.312 e. The fourth-order valence-corrected chi connectivity index (χ4v) is 3.96. The molecular formula is C17H31N3S. The van der Waals surface area contributed by atoms with E-state index in [1.807, 2.05) is 11.3 Å². The minimum atomic E-state index is 0.655. The summed E-state index contributed by atoms with van der Waals surface area (Å²) in [5.41, 5.74) is 0. The van der Waals surface area contributed by atoms with E-state index in [-0.39, 0.29) is 0 Å². The molecule has 0 bridgehead atoms. The first-order valence-corrected chi connectivity index (χ1v) is 9.07. The van der Waals surface area contributed by atoms with Gasteiger partial charge in [0, 0.05) is 42.0 Å². The lowest BCUT2D eigenvalue weighted by molar-refractivity contribution is 0.196. The van der Waals surface area contributed by atoms with Crippen LogP contribution in [-0.2, 0) is 13.1 Å². The highest BCUT2D eigenvalue weighted by Gasteiger charge is 2.20. The lowest BCUT2D eigenvalue weighted by Crippen LogP contribution is -2.37. The molecule has 1 N–H and O–H groups in total. The van der Waals surface area contributed by atoms with E-state index in [1.54, 1.807) is 0 Å². The molecule has 1 aliphatic heterocycles. The van der Waals surface area contributed by atoms with Crippen LogP contribution in [0.5, 0.6) is 0 Å². The van der Waals surface area contributed by atoms with Gasteiger partial charge in [-0.3, -0.25) is 4.90 Å². The third-order valence-corrected chi connectivity index (χ3v) is 5.18. The van der Waals surface area contributed by atoms with Gasteiger partial charge in [0.25, 0.3) is 0 Å². The van der Waals surface area contributed by atoms with Crippen molar-refractivity contribution in [3.05, 3.63) is 21.9 Å². The fraction of sp³-hybridized carbons (Fsp3) is 0.765. The average molecular weight is 310 g/mol. The van der Waals surface area contributed by atoms with Crippen LogP contribution in [0, 0.1) is 5.92 Å². The van der Waals surface area contributed by atoms with Crippen LogP contribution < -0.4 is 5.32 Å². The zero-order valence-electron chi connectivity index (χ0n) is 14.1. The molecule has 1 aromatic rings. The zero-order chi connectivity index (χ0) is 15.2. The zero-order valence-corrected chi connectivity index (χ0v) is 14.9. The highest BCUT2D eigenvalue weighted by Crippen LogP contribution is 2.20. The molecule has 2 heterocycles. The van der Waals surface area contributed by atoms with E-state index >= 15 is 0 Å². The molecule has 21 heavy (non-hydrogen) atoms. The third-order valence-electron chi connectivity index (χ3n) is 4.11. The van der Waals surface area contributed by atoms with Gasteiger partial charge >= 0.3 is 0 Å². The predicted molar refractivity (Wildman–Crippen MR) is 92.8 cm³/mol. The number of nitrogens with one attached hydrogen (secondary N) is 1. The van der Waals surface area contributed by atoms with Gasteiger partial charge in [-0.1, -0.05) is 13.8 Å². The molecule has 1 aliphatic rings. The topological polar surface area (TPSA) is 18.5 Å². The maximum atomic E-state index is 3.53. The molecule has 120 valence electrons. The average Bonchev–Trinajstić information content (AvgIpc) is 2.77. The summed E-state index contributed by atoms with van der Waals surface area (Å²) in [7, 11) is 2.24. The summed E-state index contributed by atoms with van der Waals surface area (Å²) in [4.78, 5) is 8.07. The summed E-state index contributed by atoms with van der Waals surface area (Å²) in [6.45, 7) is 13.7. The van der Waals surface area contributed by atoms with E-state index in [0.29, 0.717) is 6.04 Å². The number of nitrogens with zero attached hydrogens (tertiary/aromatic N) is 2. The summed E-state index contributed by atoms with van der Waals surface area (Å²) in [5, 5.41) is 3.53. The van der Waals surface area contributed by atoms with Gasteiger partial charge in [0.05, 0.1) is 0 Å². The maximum absolute atomic E-state index is 3.53. The van der Waals surface area contributed by atoms with Gasteiger partial charge in [0.1, 0.15) is 0 Å². The number of hydrogen-bond acceptors (Lipinski definition) is 4. The van der Waals surface area contributed by atoms with E-state index in [0.717, 1.165) is 25.6 Å². The Labute approximate surface area is 134 Å². The van der Waals surface area contributed by atoms with Crippen LogP contribution in [0.1, 0.15) is 36.9 Å². The molecule has 3 nitrogen and oxygen atoms in total. The Balaban J connectivity index is 1.83. The standard InChI is InChI=1S/C17H31N3S/c1-14(2)10-18-11-16-6-7-17(21-16)13-20-9-5-8-19(4)12-15(20)3/h6-7,14-15,18H,5,8-13H2,1-4H3. The van der Waals surface area contributed by atoms with Gasteiger partial charge in [0.15, 0.2) is 0 Å². The van der Waals surface area contributed by atoms with Crippen molar-refractivity contribution in [2.45, 2.75) is 46.3 Å². The molecule has 0 saturated carbocycles. The number of thiophene rings is 1. The van der Waals surface area contributed by atoms with E-state index in [4.69, 9.17) is 0 Å². The second-order valence-electron chi connectivity index (χ2n) is 6.83. The Morgan fingerprint density at radius 1 is 1.29 bits per heavy atom. The fourth-order valence-electron chi connectivity index (χ4n) is 2.94. The molecule has 0 aliphatic carbocycles. The molecule has 0 aromatic carbocycles. The predicted octanol–water partition coefficient (Wildman–Crippen LogP) is 3.02. The van der Waals surface area contributed by atoms with Crippen molar-refractivity contribution in [2.75, 3.05) is 33.2 Å². The van der Waals surface area contributed by atoms with Crippen LogP contribution in [0.3, 0.4) is 0 Å². The van der Waals surface area contributed by atoms with Gasteiger partial charge in [-0.25, -0.2) is 0 Å². The molecule has 1 unspecified atom stereocenters. The first kappa shape index (κ1) is 16.9. The molecule has 1 atom stereocenters. The SMILES string of the molecule is CC(C)CNCc1ccc(CN2CCCN(C)CC2C)s1. The Bertz CT molecular complexity index is 416. The van der Waals surface area contributed by atoms with Crippen molar-refractivity contribution in [3.8, 4) is 0 Å². The molecule has 1 saturated heterocycles. The summed E-state index contributed by atoms with van der Waals surface area (Å²) in [6, 6.07) is 5.27. The minimum Gasteiger partial charge on any atom is -0.312 e. The van der Waals surface area contributed by atoms with E-state index < -0.39 is 0 Å². The molecule has 0 amide bonds. The van der Waals surface area contributed by atoms with Crippen molar-refractivity contribution in [2.24, 2.45) is 5.92 Å². The minimum absolute atomic E-state index is 0.655. The van der Waals surface area contributed by atoms with E-state index in [2.05, 4.69) is 55.1 Å². The quantitative estimate of drug-likeness (QED) is 0.871. The van der Waals surface area contributed by atoms with Crippen LogP contribution >= 0.6 is 11.3 Å². The number of rotatable bonds is 6. The molecule has 4 heteroatoms. The van der Waals surface area contributed by atoms with Crippen molar-refractivity contribution >= 4 is 11.3 Å². The monoisotopic (exact) mass is 309 g/mol. The summed E-state index contributed by atoms with van der Waals surface area (Å²) in [6.07, 6.45) is 1.29. The van der Waals surface area contributed by atoms with Gasteiger partial charge < -0.3 is 10.2 Å². The first-order valence-electron chi connectivity index (χ1n) is 8.25. The van der Waals surface area contributed by atoms with Crippen molar-refractivity contribution in [1.82, 2.24) is 15.1 Å². The highest BCUT2D eigenvalue weighted by atomic mass is 32.1. The Morgan fingerprint density at radius 2 is 2.05 bits per heavy atom. The van der Waals surface area contributed by atoms with Gasteiger partial charge in [-0.05, 0) is 51.5 Å². The maximum Gasteiger partial charge on any atom is 0.0331 e. The summed E-state index contributed by atoms with van der Waals surface area (Å²) in [5.74, 6) is 0.722. The van der Waals surface area contributed by atoms with Crippen molar-refractivity contribution in [3.63, 3.8) is 0 Å². The van der Waals surface area contributed by atoms with Crippen molar-refractivity contribution < 1.29 is 0 Å². The summed E-state index contributed by atoms with van der Waals surface area (Å²) >= 11 is 1.97. The lowest BCUT2D eigenvalue weighted by atomic mass is 10.2. The summed E-state index contributed by atoms with van der Waals surface area (Å²) < 4.78 is 0. The van der Waals surface area contributed by atoms with Crippen LogP contribution in [0.4, 0.5) is 0 Å². The second kappa shape index (κ2) is 8.28. The third kappa shape index (κ3) is 5.70. The van der Waals surface area contributed by atoms with Crippen LogP contribution in [0.25, 0.3) is 0 Å². The molecule has 1 aromatic heterocycles. The second-order valence-corrected chi connectivity index (χ2v) is 8.08. The van der Waals surface area contributed by atoms with Crippen LogP contribution in [0.15, 0.2) is 12.1 Å². The Morgan fingerprint density at radius 3 is 2.81 bits per heavy atom. The molecule has 2 rings (SSSR count). The van der Waals surface area contributed by atoms with Gasteiger partial charge in [-0.2, -0.15) is 0 Å². The van der Waals surface area contributed by atoms with E-state index in [9.17, 15) is 0 Å². The normalized spacial score (nSPS) is 21.9. The first-order chi connectivity index (χ1) is 10.0. The molecule has 0 spiro atoms. The smallest absolute Gasteiger partial charge is 0.0331 e. The van der Waals surface area contributed by atoms with Gasteiger partial charge in [0.2, 0.25) is 0 Å². The van der Waals surface area contributed by atoms with Crippen LogP contribution in [0.2, 0.25) is 0 Å².